The molecule has 1 aliphatic heterocycles. The average Bonchev–Trinajstić information content (AvgIpc) is 2.74. The molecule has 1 aliphatic rings. The zero-order valence-electron chi connectivity index (χ0n) is 8.05. The molecule has 0 saturated carbocycles. The van der Waals surface area contributed by atoms with E-state index in [9.17, 15) is 0 Å². The van der Waals surface area contributed by atoms with Crippen molar-refractivity contribution >= 4 is 43.5 Å². The van der Waals surface area contributed by atoms with Gasteiger partial charge in [0.1, 0.15) is 0 Å². The van der Waals surface area contributed by atoms with Crippen LogP contribution < -0.4 is 0 Å². The van der Waals surface area contributed by atoms with Crippen molar-refractivity contribution in [1.29, 1.82) is 0 Å². The molecule has 1 fully saturated rings. The quantitative estimate of drug-likeness (QED) is 0.701. The molecule has 1 aromatic carbocycles. The number of halogens is 3. The Balaban J connectivity index is 2.23. The maximum atomic E-state index is 6.41. The third kappa shape index (κ3) is 2.76. The van der Waals surface area contributed by atoms with Crippen molar-refractivity contribution in [2.75, 3.05) is 6.61 Å². The van der Waals surface area contributed by atoms with Crippen LogP contribution >= 0.6 is 43.5 Å². The fraction of sp³-hybridized carbons (Fsp3) is 0.455. The van der Waals surface area contributed by atoms with Crippen molar-refractivity contribution in [3.05, 3.63) is 32.7 Å². The molecule has 0 aliphatic carbocycles. The van der Waals surface area contributed by atoms with E-state index in [0.717, 1.165) is 34.0 Å². The molecule has 15 heavy (non-hydrogen) atoms. The van der Waals surface area contributed by atoms with Crippen LogP contribution in [0.5, 0.6) is 0 Å². The summed E-state index contributed by atoms with van der Waals surface area (Å²) in [6.45, 7) is 0.833. The van der Waals surface area contributed by atoms with Gasteiger partial charge in [-0.1, -0.05) is 31.9 Å². The van der Waals surface area contributed by atoms with Crippen LogP contribution in [-0.4, -0.2) is 12.7 Å². The maximum Gasteiger partial charge on any atom is 0.0858 e. The molecule has 0 bridgehead atoms. The molecule has 4 heteroatoms. The topological polar surface area (TPSA) is 9.23 Å². The van der Waals surface area contributed by atoms with Gasteiger partial charge in [0.25, 0.3) is 0 Å². The molecule has 1 nitrogen and oxygen atoms in total. The molecule has 0 radical (unpaired) electrons. The van der Waals surface area contributed by atoms with Gasteiger partial charge in [0.2, 0.25) is 0 Å². The van der Waals surface area contributed by atoms with Crippen molar-refractivity contribution in [3.63, 3.8) is 0 Å². The molecule has 0 N–H and O–H groups in total. The predicted octanol–water partition coefficient (Wildman–Crippen LogP) is 4.67. The smallest absolute Gasteiger partial charge is 0.0858 e. The Kier molecular flexibility index (Phi) is 4.10. The molecule has 2 unspecified atom stereocenters. The van der Waals surface area contributed by atoms with Crippen molar-refractivity contribution in [2.45, 2.75) is 24.3 Å². The number of rotatable bonds is 2. The van der Waals surface area contributed by atoms with E-state index in [-0.39, 0.29) is 11.5 Å². The molecule has 0 spiro atoms. The van der Waals surface area contributed by atoms with Crippen LogP contribution in [0.2, 0.25) is 0 Å². The van der Waals surface area contributed by atoms with E-state index in [2.05, 4.69) is 31.9 Å². The van der Waals surface area contributed by atoms with Crippen LogP contribution in [0.4, 0.5) is 0 Å². The Morgan fingerprint density at radius 1 is 1.40 bits per heavy atom. The second kappa shape index (κ2) is 5.17. The third-order valence-electron chi connectivity index (χ3n) is 2.55. The minimum Gasteiger partial charge on any atom is -0.376 e. The van der Waals surface area contributed by atoms with Crippen molar-refractivity contribution in [1.82, 2.24) is 0 Å². The summed E-state index contributed by atoms with van der Waals surface area (Å²) in [7, 11) is 0. The van der Waals surface area contributed by atoms with E-state index in [0.29, 0.717) is 0 Å². The molecule has 82 valence electrons. The summed E-state index contributed by atoms with van der Waals surface area (Å²) in [6, 6.07) is 6.04. The highest BCUT2D eigenvalue weighted by Gasteiger charge is 2.26. The van der Waals surface area contributed by atoms with Gasteiger partial charge in [-0.25, -0.2) is 0 Å². The van der Waals surface area contributed by atoms with Gasteiger partial charge in [-0.2, -0.15) is 0 Å². The number of benzene rings is 1. The second-order valence-electron chi connectivity index (χ2n) is 3.62. The highest BCUT2D eigenvalue weighted by Crippen LogP contribution is 2.37. The summed E-state index contributed by atoms with van der Waals surface area (Å²) in [5.74, 6) is 0. The summed E-state index contributed by atoms with van der Waals surface area (Å²) >= 11 is 13.4. The maximum absolute atomic E-state index is 6.41. The molecular weight excluding hydrogens is 343 g/mol. The number of hydrogen-bond acceptors (Lipinski definition) is 1. The fourth-order valence-electron chi connectivity index (χ4n) is 1.76. The van der Waals surface area contributed by atoms with Gasteiger partial charge in [-0.15, -0.1) is 11.6 Å². The molecule has 1 heterocycles. The summed E-state index contributed by atoms with van der Waals surface area (Å²) < 4.78 is 7.68. The summed E-state index contributed by atoms with van der Waals surface area (Å²) in [5.41, 5.74) is 1.10. The third-order valence-corrected chi connectivity index (χ3v) is 4.28. The van der Waals surface area contributed by atoms with Crippen LogP contribution in [0.25, 0.3) is 0 Å². The van der Waals surface area contributed by atoms with E-state index >= 15 is 0 Å². The minimum atomic E-state index is -0.0700. The van der Waals surface area contributed by atoms with Gasteiger partial charge >= 0.3 is 0 Å². The molecule has 1 saturated heterocycles. The van der Waals surface area contributed by atoms with E-state index < -0.39 is 0 Å². The molecule has 0 amide bonds. The van der Waals surface area contributed by atoms with Crippen LogP contribution in [0.3, 0.4) is 0 Å². The summed E-state index contributed by atoms with van der Waals surface area (Å²) in [4.78, 5) is 0. The molecule has 2 atom stereocenters. The first kappa shape index (κ1) is 11.9. The Hall–Kier alpha value is 0.430. The van der Waals surface area contributed by atoms with Gasteiger partial charge in [-0.05, 0) is 36.6 Å². The zero-order chi connectivity index (χ0) is 10.8. The zero-order valence-corrected chi connectivity index (χ0v) is 12.0. The average molecular weight is 354 g/mol. The van der Waals surface area contributed by atoms with E-state index in [1.54, 1.807) is 0 Å². The van der Waals surface area contributed by atoms with Crippen molar-refractivity contribution in [2.24, 2.45) is 0 Å². The van der Waals surface area contributed by atoms with E-state index in [1.165, 1.54) is 0 Å². The number of ether oxygens (including phenoxy) is 1. The van der Waals surface area contributed by atoms with Crippen LogP contribution in [0.1, 0.15) is 23.8 Å². The van der Waals surface area contributed by atoms with Gasteiger partial charge in [0, 0.05) is 15.6 Å². The van der Waals surface area contributed by atoms with Gasteiger partial charge < -0.3 is 4.74 Å². The highest BCUT2D eigenvalue weighted by molar-refractivity contribution is 9.11. The summed E-state index contributed by atoms with van der Waals surface area (Å²) in [5, 5.41) is -0.0700. The molecule has 1 aromatic rings. The lowest BCUT2D eigenvalue weighted by Crippen LogP contribution is -2.13. The van der Waals surface area contributed by atoms with Crippen molar-refractivity contribution < 1.29 is 4.74 Å². The lowest BCUT2D eigenvalue weighted by molar-refractivity contribution is 0.107. The standard InChI is InChI=1S/C11H11Br2ClO/c12-7-3-4-9(13)8(6-7)11(14)10-2-1-5-15-10/h3-4,6,10-11H,1-2,5H2. The second-order valence-corrected chi connectivity index (χ2v) is 5.86. The highest BCUT2D eigenvalue weighted by atomic mass is 79.9. The first-order valence-electron chi connectivity index (χ1n) is 4.89. The lowest BCUT2D eigenvalue weighted by Gasteiger charge is -2.18. The first-order valence-corrected chi connectivity index (χ1v) is 6.91. The number of alkyl halides is 1. The van der Waals surface area contributed by atoms with Gasteiger partial charge in [-0.3, -0.25) is 0 Å². The van der Waals surface area contributed by atoms with Crippen LogP contribution in [-0.2, 0) is 4.74 Å². The summed E-state index contributed by atoms with van der Waals surface area (Å²) in [6.07, 6.45) is 2.31. The molecular formula is C11H11Br2ClO. The Morgan fingerprint density at radius 2 is 2.20 bits per heavy atom. The van der Waals surface area contributed by atoms with Crippen LogP contribution in [0, 0.1) is 0 Å². The number of hydrogen-bond donors (Lipinski definition) is 0. The van der Waals surface area contributed by atoms with Crippen LogP contribution in [0.15, 0.2) is 27.1 Å². The first-order chi connectivity index (χ1) is 7.18. The van der Waals surface area contributed by atoms with Crippen molar-refractivity contribution in [3.8, 4) is 0 Å². The molecule has 2 rings (SSSR count). The minimum absolute atomic E-state index is 0.0700. The van der Waals surface area contributed by atoms with Gasteiger partial charge in [0.05, 0.1) is 11.5 Å². The Bertz CT molecular complexity index is 350. The fourth-order valence-corrected chi connectivity index (χ4v) is 3.14. The SMILES string of the molecule is ClC(c1cc(Br)ccc1Br)C1CCCO1. The van der Waals surface area contributed by atoms with Gasteiger partial charge in [0.15, 0.2) is 0 Å². The largest absolute Gasteiger partial charge is 0.376 e. The predicted molar refractivity (Wildman–Crippen MR) is 69.4 cm³/mol. The molecule has 0 aromatic heterocycles. The monoisotopic (exact) mass is 352 g/mol. The Morgan fingerprint density at radius 3 is 2.87 bits per heavy atom. The normalized spacial score (nSPS) is 23.0. The lowest BCUT2D eigenvalue weighted by atomic mass is 10.1. The Labute approximate surface area is 111 Å². The van der Waals surface area contributed by atoms with E-state index in [1.807, 2.05) is 18.2 Å². The van der Waals surface area contributed by atoms with E-state index in [4.69, 9.17) is 16.3 Å².